The van der Waals surface area contributed by atoms with Crippen LogP contribution >= 0.6 is 0 Å². The molecule has 0 aromatic rings. The third kappa shape index (κ3) is 3.13. The molecule has 0 aromatic heterocycles. The van der Waals surface area contributed by atoms with Crippen molar-refractivity contribution < 1.29 is 14.4 Å². The van der Waals surface area contributed by atoms with E-state index in [4.69, 9.17) is 0 Å². The molecule has 0 saturated heterocycles. The molecule has 0 spiro atoms. The van der Waals surface area contributed by atoms with Crippen LogP contribution in [0.5, 0.6) is 0 Å². The highest BCUT2D eigenvalue weighted by atomic mass is 16.7. The third-order valence-electron chi connectivity index (χ3n) is 1.45. The van der Waals surface area contributed by atoms with E-state index >= 15 is 0 Å². The maximum atomic E-state index is 11.0. The Hall–Kier alpha value is -0.900. The summed E-state index contributed by atoms with van der Waals surface area (Å²) >= 11 is 0. The Bertz CT molecular complexity index is 156. The van der Waals surface area contributed by atoms with E-state index in [2.05, 4.69) is 10.7 Å². The lowest BCUT2D eigenvalue weighted by atomic mass is 10.0. The van der Waals surface area contributed by atoms with Gasteiger partial charge < -0.3 is 4.84 Å². The summed E-state index contributed by atoms with van der Waals surface area (Å²) in [4.78, 5) is 25.6. The van der Waals surface area contributed by atoms with Gasteiger partial charge in [0, 0.05) is 6.42 Å². The van der Waals surface area contributed by atoms with Gasteiger partial charge in [-0.25, -0.2) is 4.79 Å². The highest BCUT2D eigenvalue weighted by molar-refractivity contribution is 5.98. The fourth-order valence-electron chi connectivity index (χ4n) is 0.696. The minimum atomic E-state index is -0.722. The van der Waals surface area contributed by atoms with Crippen molar-refractivity contribution in [2.24, 2.45) is 11.8 Å². The number of rotatable bonds is 4. The van der Waals surface area contributed by atoms with Crippen LogP contribution in [-0.2, 0) is 14.4 Å². The summed E-state index contributed by atoms with van der Waals surface area (Å²) < 4.78 is 0. The molecule has 1 unspecified atom stereocenters. The van der Waals surface area contributed by atoms with E-state index in [0.29, 0.717) is 6.42 Å². The van der Waals surface area contributed by atoms with Gasteiger partial charge in [0.05, 0.1) is 0 Å². The fourth-order valence-corrected chi connectivity index (χ4v) is 0.696. The van der Waals surface area contributed by atoms with Crippen LogP contribution in [0.3, 0.4) is 0 Å². The zero-order chi connectivity index (χ0) is 8.85. The van der Waals surface area contributed by atoms with Gasteiger partial charge in [0.25, 0.3) is 0 Å². The average molecular weight is 159 g/mol. The molecular formula is C7H13NO3. The van der Waals surface area contributed by atoms with Gasteiger partial charge in [-0.3, -0.25) is 4.79 Å². The molecule has 0 rings (SSSR count). The summed E-state index contributed by atoms with van der Waals surface area (Å²) in [6, 6.07) is 0. The van der Waals surface area contributed by atoms with Crippen molar-refractivity contribution in [3.05, 3.63) is 0 Å². The van der Waals surface area contributed by atoms with Crippen LogP contribution in [0.1, 0.15) is 26.7 Å². The largest absolute Gasteiger partial charge is 0.373 e. The van der Waals surface area contributed by atoms with Crippen molar-refractivity contribution in [1.82, 2.24) is 0 Å². The van der Waals surface area contributed by atoms with Crippen LogP contribution in [0.15, 0.2) is 0 Å². The smallest absolute Gasteiger partial charge is 0.334 e. The van der Waals surface area contributed by atoms with Crippen molar-refractivity contribution >= 4 is 11.8 Å². The lowest BCUT2D eigenvalue weighted by molar-refractivity contribution is -0.151. The molecule has 0 bridgehead atoms. The van der Waals surface area contributed by atoms with Crippen LogP contribution in [0.25, 0.3) is 0 Å². The molecule has 11 heavy (non-hydrogen) atoms. The Kier molecular flexibility index (Phi) is 4.45. The first-order valence-electron chi connectivity index (χ1n) is 3.56. The standard InChI is InChI=1S/C7H13NO3/c1-3-4-6(9)5(2)7(10)11-8/h5H,3-4,8H2,1-2H3. The third-order valence-corrected chi connectivity index (χ3v) is 1.45. The van der Waals surface area contributed by atoms with Gasteiger partial charge in [-0.1, -0.05) is 6.92 Å². The highest BCUT2D eigenvalue weighted by Crippen LogP contribution is 2.03. The number of hydrogen-bond acceptors (Lipinski definition) is 4. The van der Waals surface area contributed by atoms with Crippen LogP contribution in [0, 0.1) is 5.92 Å². The number of ketones is 1. The van der Waals surface area contributed by atoms with Gasteiger partial charge in [0.15, 0.2) is 0 Å². The predicted molar refractivity (Wildman–Crippen MR) is 39.4 cm³/mol. The number of nitrogens with two attached hydrogens (primary N) is 1. The van der Waals surface area contributed by atoms with Gasteiger partial charge >= 0.3 is 5.97 Å². The van der Waals surface area contributed by atoms with Crippen molar-refractivity contribution in [2.45, 2.75) is 26.7 Å². The lowest BCUT2D eigenvalue weighted by Crippen LogP contribution is -2.25. The first kappa shape index (κ1) is 10.1. The second-order valence-electron chi connectivity index (χ2n) is 2.37. The second kappa shape index (κ2) is 4.85. The summed E-state index contributed by atoms with van der Waals surface area (Å²) in [5.74, 6) is 3.10. The van der Waals surface area contributed by atoms with Gasteiger partial charge in [0.2, 0.25) is 0 Å². The molecule has 0 saturated carbocycles. The first-order valence-corrected chi connectivity index (χ1v) is 3.56. The van der Waals surface area contributed by atoms with Crippen LogP contribution < -0.4 is 5.90 Å². The second-order valence-corrected chi connectivity index (χ2v) is 2.37. The predicted octanol–water partition coefficient (Wildman–Crippen LogP) is 0.409. The molecule has 2 N–H and O–H groups in total. The summed E-state index contributed by atoms with van der Waals surface area (Å²) in [7, 11) is 0. The molecule has 0 aliphatic heterocycles. The minimum absolute atomic E-state index is 0.122. The topological polar surface area (TPSA) is 69.4 Å². The van der Waals surface area contributed by atoms with E-state index in [1.807, 2.05) is 6.92 Å². The maximum absolute atomic E-state index is 11.0. The van der Waals surface area contributed by atoms with E-state index in [9.17, 15) is 9.59 Å². The Morgan fingerprint density at radius 2 is 2.09 bits per heavy atom. The molecule has 64 valence electrons. The normalized spacial score (nSPS) is 12.3. The Labute approximate surface area is 65.7 Å². The molecular weight excluding hydrogens is 146 g/mol. The summed E-state index contributed by atoms with van der Waals surface area (Å²) in [5.41, 5.74) is 0. The van der Waals surface area contributed by atoms with Gasteiger partial charge in [0.1, 0.15) is 11.7 Å². The van der Waals surface area contributed by atoms with Crippen LogP contribution in [-0.4, -0.2) is 11.8 Å². The molecule has 0 aliphatic rings. The van der Waals surface area contributed by atoms with Gasteiger partial charge in [-0.15, -0.1) is 0 Å². The van der Waals surface area contributed by atoms with Crippen molar-refractivity contribution in [3.8, 4) is 0 Å². The van der Waals surface area contributed by atoms with E-state index < -0.39 is 11.9 Å². The summed E-state index contributed by atoms with van der Waals surface area (Å²) in [6.07, 6.45) is 1.14. The average Bonchev–Trinajstić information content (AvgIpc) is 2.02. The molecule has 0 heterocycles. The lowest BCUT2D eigenvalue weighted by Gasteiger charge is -2.05. The van der Waals surface area contributed by atoms with E-state index in [-0.39, 0.29) is 5.78 Å². The van der Waals surface area contributed by atoms with Gasteiger partial charge in [-0.2, -0.15) is 5.90 Å². The minimum Gasteiger partial charge on any atom is -0.373 e. The molecule has 0 aliphatic carbocycles. The number of Topliss-reactive ketones (excluding diaryl/α,β-unsaturated/α-hetero) is 1. The fraction of sp³-hybridized carbons (Fsp3) is 0.714. The summed E-state index contributed by atoms with van der Waals surface area (Å²) in [6.45, 7) is 3.37. The van der Waals surface area contributed by atoms with Crippen molar-refractivity contribution in [3.63, 3.8) is 0 Å². The SMILES string of the molecule is CCCC(=O)C(C)C(=O)ON. The highest BCUT2D eigenvalue weighted by Gasteiger charge is 2.20. The van der Waals surface area contributed by atoms with Crippen LogP contribution in [0.4, 0.5) is 0 Å². The Morgan fingerprint density at radius 1 is 1.55 bits per heavy atom. The van der Waals surface area contributed by atoms with Crippen molar-refractivity contribution in [1.29, 1.82) is 0 Å². The van der Waals surface area contributed by atoms with E-state index in [1.165, 1.54) is 6.92 Å². The zero-order valence-corrected chi connectivity index (χ0v) is 6.79. The quantitative estimate of drug-likeness (QED) is 0.476. The zero-order valence-electron chi connectivity index (χ0n) is 6.79. The first-order chi connectivity index (χ1) is 5.13. The van der Waals surface area contributed by atoms with Crippen LogP contribution in [0.2, 0.25) is 0 Å². The van der Waals surface area contributed by atoms with Crippen molar-refractivity contribution in [2.75, 3.05) is 0 Å². The molecule has 4 heteroatoms. The molecule has 1 atom stereocenters. The number of carbonyl (C=O) groups is 2. The summed E-state index contributed by atoms with van der Waals surface area (Å²) in [5, 5.41) is 0. The Morgan fingerprint density at radius 3 is 2.45 bits per heavy atom. The molecule has 0 fully saturated rings. The monoisotopic (exact) mass is 159 g/mol. The number of carbonyl (C=O) groups excluding carboxylic acids is 2. The Balaban J connectivity index is 3.91. The van der Waals surface area contributed by atoms with Gasteiger partial charge in [-0.05, 0) is 13.3 Å². The molecule has 0 radical (unpaired) electrons. The van der Waals surface area contributed by atoms with E-state index in [1.54, 1.807) is 0 Å². The van der Waals surface area contributed by atoms with E-state index in [0.717, 1.165) is 6.42 Å². The molecule has 4 nitrogen and oxygen atoms in total. The molecule has 0 amide bonds. The maximum Gasteiger partial charge on any atom is 0.334 e. The molecule has 0 aromatic carbocycles. The number of hydrogen-bond donors (Lipinski definition) is 1.